The van der Waals surface area contributed by atoms with E-state index in [-0.39, 0.29) is 6.04 Å². The summed E-state index contributed by atoms with van der Waals surface area (Å²) in [5.41, 5.74) is 6.82. The molecule has 2 N–H and O–H groups in total. The van der Waals surface area contributed by atoms with Crippen molar-refractivity contribution in [3.8, 4) is 0 Å². The number of halogens is 1. The molecule has 0 radical (unpaired) electrons. The monoisotopic (exact) mass is 281 g/mol. The molecule has 0 bridgehead atoms. The van der Waals surface area contributed by atoms with E-state index in [0.717, 1.165) is 15.5 Å². The van der Waals surface area contributed by atoms with Gasteiger partial charge >= 0.3 is 0 Å². The third-order valence-corrected chi connectivity index (χ3v) is 2.94. The average molecular weight is 282 g/mol. The fraction of sp³-hybridized carbons (Fsp3) is 0.273. The minimum atomic E-state index is -0.423. The predicted molar refractivity (Wildman–Crippen MR) is 66.3 cm³/mol. The quantitative estimate of drug-likeness (QED) is 0.860. The molecular weight excluding hydrogens is 270 g/mol. The Morgan fingerprint density at radius 2 is 2.25 bits per heavy atom. The Bertz CT molecular complexity index is 560. The zero-order valence-electron chi connectivity index (χ0n) is 9.07. The second kappa shape index (κ2) is 3.90. The van der Waals surface area contributed by atoms with Gasteiger partial charge in [0.2, 0.25) is 0 Å². The summed E-state index contributed by atoms with van der Waals surface area (Å²) in [6, 6.07) is 2.16. The van der Waals surface area contributed by atoms with Gasteiger partial charge in [-0.25, -0.2) is 4.98 Å². The van der Waals surface area contributed by atoms with Crippen LogP contribution in [0.15, 0.2) is 23.1 Å². The van der Waals surface area contributed by atoms with Gasteiger partial charge in [0.15, 0.2) is 0 Å². The van der Waals surface area contributed by atoms with Crippen molar-refractivity contribution in [2.45, 2.75) is 19.9 Å². The lowest BCUT2D eigenvalue weighted by Crippen LogP contribution is -2.10. The lowest BCUT2D eigenvalue weighted by atomic mass is 10.2. The van der Waals surface area contributed by atoms with Crippen LogP contribution in [-0.2, 0) is 0 Å². The molecule has 2 rings (SSSR count). The maximum absolute atomic E-state index is 11.3. The van der Waals surface area contributed by atoms with Crippen LogP contribution in [-0.4, -0.2) is 15.5 Å². The number of fused-ring (bicyclic) bond motifs is 1. The van der Waals surface area contributed by atoms with E-state index >= 15 is 0 Å². The van der Waals surface area contributed by atoms with Gasteiger partial charge in [0.1, 0.15) is 4.60 Å². The number of hydrogen-bond acceptors (Lipinski definition) is 2. The summed E-state index contributed by atoms with van der Waals surface area (Å²) in [6.45, 7) is 4.11. The van der Waals surface area contributed by atoms with Crippen molar-refractivity contribution in [3.05, 3.63) is 28.6 Å². The summed E-state index contributed by atoms with van der Waals surface area (Å²) >= 11 is 3.32. The number of carbonyl (C=O) groups excluding carboxylic acids is 1. The summed E-state index contributed by atoms with van der Waals surface area (Å²) in [5.74, 6) is -0.423. The third kappa shape index (κ3) is 1.71. The van der Waals surface area contributed by atoms with Gasteiger partial charge in [-0.05, 0) is 35.8 Å². The molecular formula is C11H12BrN3O. The van der Waals surface area contributed by atoms with E-state index in [1.165, 1.54) is 0 Å². The summed E-state index contributed by atoms with van der Waals surface area (Å²) in [5, 5.41) is 0.796. The van der Waals surface area contributed by atoms with Gasteiger partial charge in [0, 0.05) is 23.8 Å². The molecule has 4 nitrogen and oxygen atoms in total. The Morgan fingerprint density at radius 3 is 2.81 bits per heavy atom. The Kier molecular flexibility index (Phi) is 2.71. The molecule has 84 valence electrons. The van der Waals surface area contributed by atoms with Crippen LogP contribution in [0.2, 0.25) is 0 Å². The fourth-order valence-electron chi connectivity index (χ4n) is 1.74. The number of nitrogens with zero attached hydrogens (tertiary/aromatic N) is 2. The highest BCUT2D eigenvalue weighted by Crippen LogP contribution is 2.25. The molecule has 0 saturated heterocycles. The van der Waals surface area contributed by atoms with Gasteiger partial charge in [-0.15, -0.1) is 0 Å². The Balaban J connectivity index is 2.81. The van der Waals surface area contributed by atoms with Crippen LogP contribution in [0.4, 0.5) is 0 Å². The molecule has 1 amide bonds. The molecule has 2 aromatic rings. The molecule has 0 aliphatic carbocycles. The van der Waals surface area contributed by atoms with Crippen LogP contribution in [0.5, 0.6) is 0 Å². The second-order valence-electron chi connectivity index (χ2n) is 3.93. The van der Waals surface area contributed by atoms with E-state index in [1.807, 2.05) is 10.6 Å². The van der Waals surface area contributed by atoms with E-state index < -0.39 is 5.91 Å². The Hall–Kier alpha value is -1.36. The number of aromatic nitrogens is 2. The molecule has 0 spiro atoms. The number of amides is 1. The summed E-state index contributed by atoms with van der Waals surface area (Å²) in [7, 11) is 0. The van der Waals surface area contributed by atoms with E-state index in [2.05, 4.69) is 34.8 Å². The van der Waals surface area contributed by atoms with Crippen LogP contribution < -0.4 is 5.73 Å². The molecule has 0 fully saturated rings. The molecule has 0 aromatic carbocycles. The topological polar surface area (TPSA) is 60.9 Å². The van der Waals surface area contributed by atoms with E-state index in [9.17, 15) is 4.79 Å². The SMILES string of the molecule is CC(C)n1cc(C(N)=O)c2cnc(Br)cc21. The molecule has 16 heavy (non-hydrogen) atoms. The van der Waals surface area contributed by atoms with Crippen LogP contribution in [0.25, 0.3) is 10.9 Å². The number of pyridine rings is 1. The highest BCUT2D eigenvalue weighted by atomic mass is 79.9. The van der Waals surface area contributed by atoms with Gasteiger partial charge in [0.25, 0.3) is 5.91 Å². The van der Waals surface area contributed by atoms with Gasteiger partial charge in [-0.1, -0.05) is 0 Å². The van der Waals surface area contributed by atoms with Crippen LogP contribution in [0.3, 0.4) is 0 Å². The zero-order chi connectivity index (χ0) is 11.9. The number of hydrogen-bond donors (Lipinski definition) is 1. The van der Waals surface area contributed by atoms with E-state index in [4.69, 9.17) is 5.73 Å². The summed E-state index contributed by atoms with van der Waals surface area (Å²) in [6.07, 6.45) is 3.45. The normalized spacial score (nSPS) is 11.2. The average Bonchev–Trinajstić information content (AvgIpc) is 2.56. The Morgan fingerprint density at radius 1 is 1.56 bits per heavy atom. The first-order chi connectivity index (χ1) is 7.50. The summed E-state index contributed by atoms with van der Waals surface area (Å²) < 4.78 is 2.76. The van der Waals surface area contributed by atoms with Gasteiger partial charge in [0.05, 0.1) is 11.1 Å². The standard InChI is InChI=1S/C11H12BrN3O/c1-6(2)15-5-8(11(13)16)7-4-14-10(12)3-9(7)15/h3-6H,1-2H3,(H2,13,16). The van der Waals surface area contributed by atoms with Gasteiger partial charge in [-0.2, -0.15) is 0 Å². The smallest absolute Gasteiger partial charge is 0.250 e. The van der Waals surface area contributed by atoms with Crippen molar-refractivity contribution < 1.29 is 4.79 Å². The van der Waals surface area contributed by atoms with Crippen molar-refractivity contribution in [1.82, 2.24) is 9.55 Å². The first kappa shape index (κ1) is 11.1. The number of rotatable bonds is 2. The zero-order valence-corrected chi connectivity index (χ0v) is 10.7. The van der Waals surface area contributed by atoms with Crippen molar-refractivity contribution in [2.75, 3.05) is 0 Å². The number of nitrogens with two attached hydrogens (primary N) is 1. The molecule has 2 heterocycles. The molecule has 0 aliphatic heterocycles. The number of carbonyl (C=O) groups is 1. The van der Waals surface area contributed by atoms with Crippen molar-refractivity contribution in [2.24, 2.45) is 5.73 Å². The predicted octanol–water partition coefficient (Wildman–Crippen LogP) is 2.48. The van der Waals surface area contributed by atoms with Crippen LogP contribution >= 0.6 is 15.9 Å². The molecule has 0 unspecified atom stereocenters. The fourth-order valence-corrected chi connectivity index (χ4v) is 2.06. The minimum absolute atomic E-state index is 0.268. The van der Waals surface area contributed by atoms with Gasteiger partial charge < -0.3 is 10.3 Å². The molecule has 2 aromatic heterocycles. The number of primary amides is 1. The highest BCUT2D eigenvalue weighted by molar-refractivity contribution is 9.10. The maximum atomic E-state index is 11.3. The van der Waals surface area contributed by atoms with Gasteiger partial charge in [-0.3, -0.25) is 4.79 Å². The minimum Gasteiger partial charge on any atom is -0.366 e. The molecule has 0 saturated carbocycles. The second-order valence-corrected chi connectivity index (χ2v) is 4.74. The maximum Gasteiger partial charge on any atom is 0.250 e. The van der Waals surface area contributed by atoms with Crippen molar-refractivity contribution in [1.29, 1.82) is 0 Å². The molecule has 0 aliphatic rings. The molecule has 0 atom stereocenters. The van der Waals surface area contributed by atoms with Crippen molar-refractivity contribution in [3.63, 3.8) is 0 Å². The lowest BCUT2D eigenvalue weighted by molar-refractivity contribution is 0.100. The van der Waals surface area contributed by atoms with Crippen molar-refractivity contribution >= 4 is 32.7 Å². The third-order valence-electron chi connectivity index (χ3n) is 2.51. The highest BCUT2D eigenvalue weighted by Gasteiger charge is 2.14. The van der Waals surface area contributed by atoms with E-state index in [1.54, 1.807) is 12.4 Å². The first-order valence-electron chi connectivity index (χ1n) is 4.96. The Labute approximate surface area is 102 Å². The largest absolute Gasteiger partial charge is 0.366 e. The first-order valence-corrected chi connectivity index (χ1v) is 5.76. The molecule has 5 heteroatoms. The van der Waals surface area contributed by atoms with Crippen LogP contribution in [0, 0.1) is 0 Å². The lowest BCUT2D eigenvalue weighted by Gasteiger charge is -2.08. The van der Waals surface area contributed by atoms with Crippen LogP contribution in [0.1, 0.15) is 30.2 Å². The van der Waals surface area contributed by atoms with E-state index in [0.29, 0.717) is 5.56 Å². The summed E-state index contributed by atoms with van der Waals surface area (Å²) in [4.78, 5) is 15.4.